The van der Waals surface area contributed by atoms with E-state index in [9.17, 15) is 8.42 Å². The first kappa shape index (κ1) is 21.1. The number of sulfonamides is 1. The van der Waals surface area contributed by atoms with Gasteiger partial charge in [0.1, 0.15) is 4.90 Å². The fraction of sp³-hybridized carbons (Fsp3) is 0.300. The van der Waals surface area contributed by atoms with E-state index in [-0.39, 0.29) is 14.9 Å². The third kappa shape index (κ3) is 3.92. The molecule has 0 bridgehead atoms. The highest BCUT2D eigenvalue weighted by Gasteiger charge is 2.28. The lowest BCUT2D eigenvalue weighted by Crippen LogP contribution is -2.45. The zero-order valence-electron chi connectivity index (χ0n) is 16.6. The fourth-order valence-corrected chi connectivity index (χ4v) is 5.27. The Kier molecular flexibility index (Phi) is 5.76. The SMILES string of the molecule is CN1CCN(c2nc(N(C)S(=O)(=O)c3cc(Cl)ccc3Cl)c3ccccc3n2)CC1. The van der Waals surface area contributed by atoms with Crippen LogP contribution >= 0.6 is 23.2 Å². The number of benzene rings is 2. The Balaban J connectivity index is 1.83. The second-order valence-electron chi connectivity index (χ2n) is 7.20. The average molecular weight is 466 g/mol. The van der Waals surface area contributed by atoms with Gasteiger partial charge in [0, 0.05) is 43.6 Å². The smallest absolute Gasteiger partial charge is 0.266 e. The summed E-state index contributed by atoms with van der Waals surface area (Å²) in [4.78, 5) is 13.6. The number of hydrogen-bond donors (Lipinski definition) is 0. The van der Waals surface area contributed by atoms with Gasteiger partial charge in [-0.1, -0.05) is 35.3 Å². The number of hydrogen-bond acceptors (Lipinski definition) is 6. The maximum Gasteiger partial charge on any atom is 0.266 e. The van der Waals surface area contributed by atoms with E-state index in [1.165, 1.54) is 19.2 Å². The maximum absolute atomic E-state index is 13.4. The second kappa shape index (κ2) is 8.19. The fourth-order valence-electron chi connectivity index (χ4n) is 3.37. The molecule has 10 heteroatoms. The zero-order valence-corrected chi connectivity index (χ0v) is 18.9. The highest BCUT2D eigenvalue weighted by atomic mass is 35.5. The molecule has 0 atom stereocenters. The number of fused-ring (bicyclic) bond motifs is 1. The molecule has 158 valence electrons. The highest BCUT2D eigenvalue weighted by molar-refractivity contribution is 7.93. The predicted molar refractivity (Wildman–Crippen MR) is 121 cm³/mol. The summed E-state index contributed by atoms with van der Waals surface area (Å²) in [7, 11) is -0.457. The first-order chi connectivity index (χ1) is 14.3. The number of rotatable bonds is 4. The molecule has 1 fully saturated rings. The monoisotopic (exact) mass is 465 g/mol. The van der Waals surface area contributed by atoms with Crippen LogP contribution in [-0.2, 0) is 10.0 Å². The van der Waals surface area contributed by atoms with Crippen LogP contribution in [0.2, 0.25) is 10.0 Å². The third-order valence-corrected chi connectivity index (χ3v) is 7.65. The topological polar surface area (TPSA) is 69.6 Å². The molecular formula is C20H21Cl2N5O2S. The Morgan fingerprint density at radius 2 is 1.70 bits per heavy atom. The van der Waals surface area contributed by atoms with Gasteiger partial charge < -0.3 is 9.80 Å². The van der Waals surface area contributed by atoms with Crippen molar-refractivity contribution in [3.8, 4) is 0 Å². The van der Waals surface area contributed by atoms with E-state index in [4.69, 9.17) is 23.2 Å². The lowest BCUT2D eigenvalue weighted by molar-refractivity contribution is 0.311. The summed E-state index contributed by atoms with van der Waals surface area (Å²) in [5.41, 5.74) is 0.677. The van der Waals surface area contributed by atoms with Crippen LogP contribution in [-0.4, -0.2) is 63.6 Å². The van der Waals surface area contributed by atoms with E-state index in [1.54, 1.807) is 6.07 Å². The van der Waals surface area contributed by atoms with Crippen LogP contribution in [0.1, 0.15) is 0 Å². The quantitative estimate of drug-likeness (QED) is 0.586. The Labute approximate surface area is 185 Å². The van der Waals surface area contributed by atoms with Gasteiger partial charge in [0.2, 0.25) is 5.95 Å². The van der Waals surface area contributed by atoms with Crippen LogP contribution in [0.3, 0.4) is 0 Å². The summed E-state index contributed by atoms with van der Waals surface area (Å²) in [6.07, 6.45) is 0. The number of anilines is 2. The van der Waals surface area contributed by atoms with Crippen LogP contribution in [0.15, 0.2) is 47.4 Å². The zero-order chi connectivity index (χ0) is 21.5. The standard InChI is InChI=1S/C20H21Cl2N5O2S/c1-25-9-11-27(12-10-25)20-23-17-6-4-3-5-15(17)19(24-20)26(2)30(28,29)18-13-14(21)7-8-16(18)22/h3-8,13H,9-12H2,1-2H3. The molecule has 0 saturated carbocycles. The van der Waals surface area contributed by atoms with Crippen molar-refractivity contribution >= 4 is 55.9 Å². The van der Waals surface area contributed by atoms with Gasteiger partial charge in [-0.2, -0.15) is 4.98 Å². The highest BCUT2D eigenvalue weighted by Crippen LogP contribution is 2.33. The lowest BCUT2D eigenvalue weighted by atomic mass is 10.2. The normalized spacial score (nSPS) is 15.5. The van der Waals surface area contributed by atoms with Crippen molar-refractivity contribution in [3.05, 3.63) is 52.5 Å². The number of aromatic nitrogens is 2. The van der Waals surface area contributed by atoms with Crippen molar-refractivity contribution < 1.29 is 8.42 Å². The summed E-state index contributed by atoms with van der Waals surface area (Å²) in [5.74, 6) is 0.807. The number of piperazine rings is 1. The van der Waals surface area contributed by atoms with Crippen molar-refractivity contribution in [3.63, 3.8) is 0 Å². The van der Waals surface area contributed by atoms with Gasteiger partial charge >= 0.3 is 0 Å². The molecule has 0 unspecified atom stereocenters. The molecule has 0 spiro atoms. The van der Waals surface area contributed by atoms with E-state index < -0.39 is 10.0 Å². The molecule has 2 aromatic carbocycles. The number of nitrogens with zero attached hydrogens (tertiary/aromatic N) is 5. The third-order valence-electron chi connectivity index (χ3n) is 5.19. The molecule has 1 aromatic heterocycles. The Hall–Kier alpha value is -2.13. The van der Waals surface area contributed by atoms with Gasteiger partial charge in [-0.15, -0.1) is 0 Å². The molecule has 3 aromatic rings. The summed E-state index contributed by atoms with van der Waals surface area (Å²) < 4.78 is 27.9. The molecular weight excluding hydrogens is 445 g/mol. The first-order valence-electron chi connectivity index (χ1n) is 9.41. The molecule has 2 heterocycles. The molecule has 1 aliphatic rings. The molecule has 7 nitrogen and oxygen atoms in total. The molecule has 1 saturated heterocycles. The summed E-state index contributed by atoms with van der Waals surface area (Å²) >= 11 is 12.2. The van der Waals surface area contributed by atoms with Gasteiger partial charge in [0.15, 0.2) is 5.82 Å². The number of para-hydroxylation sites is 1. The Morgan fingerprint density at radius 1 is 1.00 bits per heavy atom. The molecule has 4 rings (SSSR count). The lowest BCUT2D eigenvalue weighted by Gasteiger charge is -2.33. The van der Waals surface area contributed by atoms with Crippen LogP contribution in [0.5, 0.6) is 0 Å². The van der Waals surface area contributed by atoms with Crippen molar-refractivity contribution in [2.75, 3.05) is 49.5 Å². The van der Waals surface area contributed by atoms with Crippen molar-refractivity contribution in [1.29, 1.82) is 0 Å². The molecule has 0 N–H and O–H groups in total. The summed E-state index contributed by atoms with van der Waals surface area (Å²) in [5, 5.41) is 1.03. The van der Waals surface area contributed by atoms with E-state index in [0.29, 0.717) is 22.7 Å². The second-order valence-corrected chi connectivity index (χ2v) is 9.98. The molecule has 0 radical (unpaired) electrons. The summed E-state index contributed by atoms with van der Waals surface area (Å²) in [6, 6.07) is 11.7. The predicted octanol–water partition coefficient (Wildman–Crippen LogP) is 3.51. The maximum atomic E-state index is 13.4. The molecule has 30 heavy (non-hydrogen) atoms. The van der Waals surface area contributed by atoms with Gasteiger partial charge in [-0.05, 0) is 37.4 Å². The van der Waals surface area contributed by atoms with Gasteiger partial charge in [0.25, 0.3) is 10.0 Å². The van der Waals surface area contributed by atoms with Gasteiger partial charge in [-0.25, -0.2) is 13.4 Å². The average Bonchev–Trinajstić information content (AvgIpc) is 2.74. The Bertz CT molecular complexity index is 1200. The van der Waals surface area contributed by atoms with Crippen LogP contribution in [0, 0.1) is 0 Å². The van der Waals surface area contributed by atoms with Crippen LogP contribution in [0.4, 0.5) is 11.8 Å². The van der Waals surface area contributed by atoms with Crippen molar-refractivity contribution in [2.24, 2.45) is 0 Å². The minimum atomic E-state index is -3.99. The Morgan fingerprint density at radius 3 is 2.43 bits per heavy atom. The van der Waals surface area contributed by atoms with Crippen molar-refractivity contribution in [1.82, 2.24) is 14.9 Å². The minimum Gasteiger partial charge on any atom is -0.338 e. The van der Waals surface area contributed by atoms with E-state index in [2.05, 4.69) is 26.8 Å². The minimum absolute atomic E-state index is 0.0667. The van der Waals surface area contributed by atoms with Gasteiger partial charge in [0.05, 0.1) is 10.5 Å². The van der Waals surface area contributed by atoms with E-state index >= 15 is 0 Å². The van der Waals surface area contributed by atoms with E-state index in [1.807, 2.05) is 24.3 Å². The molecule has 0 aliphatic carbocycles. The van der Waals surface area contributed by atoms with Crippen molar-refractivity contribution in [2.45, 2.75) is 4.90 Å². The van der Waals surface area contributed by atoms with Crippen LogP contribution in [0.25, 0.3) is 10.9 Å². The first-order valence-corrected chi connectivity index (χ1v) is 11.6. The number of likely N-dealkylation sites (N-methyl/N-ethyl adjacent to an activating group) is 1. The summed E-state index contributed by atoms with van der Waals surface area (Å²) in [6.45, 7) is 3.31. The molecule has 1 aliphatic heterocycles. The van der Waals surface area contributed by atoms with Crippen LogP contribution < -0.4 is 9.21 Å². The van der Waals surface area contributed by atoms with E-state index in [0.717, 1.165) is 30.5 Å². The largest absolute Gasteiger partial charge is 0.338 e. The molecule has 0 amide bonds. The van der Waals surface area contributed by atoms with Gasteiger partial charge in [-0.3, -0.25) is 4.31 Å². The number of halogens is 2.